The maximum absolute atomic E-state index is 2.42. The van der Waals surface area contributed by atoms with Gasteiger partial charge in [0, 0.05) is 5.41 Å². The van der Waals surface area contributed by atoms with Gasteiger partial charge in [-0.3, -0.25) is 0 Å². The first-order valence-corrected chi connectivity index (χ1v) is 9.30. The molecule has 26 heavy (non-hydrogen) atoms. The van der Waals surface area contributed by atoms with Crippen molar-refractivity contribution >= 4 is 10.8 Å². The lowest BCUT2D eigenvalue weighted by molar-refractivity contribution is 0.660. The Kier molecular flexibility index (Phi) is 3.15. The van der Waals surface area contributed by atoms with Crippen molar-refractivity contribution in [1.82, 2.24) is 0 Å². The number of rotatable bonds is 1. The minimum Gasteiger partial charge on any atom is -0.0619 e. The van der Waals surface area contributed by atoms with E-state index < -0.39 is 0 Å². The topological polar surface area (TPSA) is 0 Å². The van der Waals surface area contributed by atoms with E-state index in [2.05, 4.69) is 99.6 Å². The third-order valence-electron chi connectivity index (χ3n) is 5.98. The normalized spacial score (nSPS) is 14.3. The van der Waals surface area contributed by atoms with E-state index in [0.717, 1.165) is 0 Å². The zero-order chi connectivity index (χ0) is 17.9. The zero-order valence-corrected chi connectivity index (χ0v) is 15.5. The fourth-order valence-electron chi connectivity index (χ4n) is 4.66. The molecule has 0 spiro atoms. The van der Waals surface area contributed by atoms with Gasteiger partial charge in [-0.2, -0.15) is 0 Å². The molecule has 5 rings (SSSR count). The Morgan fingerprint density at radius 3 is 2.23 bits per heavy atom. The SMILES string of the molecule is Cc1cc(-c2cccc3ccccc23)cc2c1-c1ccccc1C2(C)C. The average molecular weight is 334 g/mol. The lowest BCUT2D eigenvalue weighted by Gasteiger charge is -2.22. The van der Waals surface area contributed by atoms with Gasteiger partial charge in [-0.25, -0.2) is 0 Å². The van der Waals surface area contributed by atoms with E-state index in [1.54, 1.807) is 0 Å². The molecule has 1 aliphatic rings. The fourth-order valence-corrected chi connectivity index (χ4v) is 4.66. The molecule has 0 saturated carbocycles. The molecule has 0 nitrogen and oxygen atoms in total. The minimum atomic E-state index is 0.0390. The van der Waals surface area contributed by atoms with Crippen molar-refractivity contribution in [3.8, 4) is 22.3 Å². The second kappa shape index (κ2) is 5.32. The molecule has 0 heteroatoms. The molecule has 4 aromatic rings. The van der Waals surface area contributed by atoms with Gasteiger partial charge in [-0.1, -0.05) is 86.6 Å². The first kappa shape index (κ1) is 15.4. The first-order chi connectivity index (χ1) is 12.6. The second-order valence-corrected chi connectivity index (χ2v) is 7.91. The standard InChI is InChI=1S/C26H22/c1-17-15-19(21-13-8-10-18-9-4-5-11-20(18)21)16-24-25(17)22-12-6-7-14-23(22)26(24,2)3/h4-16H,1-3H3. The summed E-state index contributed by atoms with van der Waals surface area (Å²) in [5, 5.41) is 2.62. The molecule has 0 aromatic heterocycles. The Bertz CT molecular complexity index is 1160. The van der Waals surface area contributed by atoms with Crippen molar-refractivity contribution < 1.29 is 0 Å². The lowest BCUT2D eigenvalue weighted by Crippen LogP contribution is -2.15. The Balaban J connectivity index is 1.81. The van der Waals surface area contributed by atoms with Crippen LogP contribution < -0.4 is 0 Å². The monoisotopic (exact) mass is 334 g/mol. The van der Waals surface area contributed by atoms with Crippen molar-refractivity contribution in [3.05, 3.63) is 95.6 Å². The number of hydrogen-bond acceptors (Lipinski definition) is 0. The van der Waals surface area contributed by atoms with Crippen LogP contribution >= 0.6 is 0 Å². The molecule has 4 aromatic carbocycles. The van der Waals surface area contributed by atoms with Gasteiger partial charge in [0.2, 0.25) is 0 Å². The molecular formula is C26H22. The molecule has 0 aliphatic heterocycles. The zero-order valence-electron chi connectivity index (χ0n) is 15.5. The molecule has 0 fully saturated rings. The fraction of sp³-hybridized carbons (Fsp3) is 0.154. The van der Waals surface area contributed by atoms with Gasteiger partial charge < -0.3 is 0 Å². The number of aryl methyl sites for hydroxylation is 1. The molecule has 0 radical (unpaired) electrons. The lowest BCUT2D eigenvalue weighted by atomic mass is 9.81. The Hall–Kier alpha value is -2.86. The third kappa shape index (κ3) is 2.02. The van der Waals surface area contributed by atoms with Gasteiger partial charge in [0.25, 0.3) is 0 Å². The molecule has 0 heterocycles. The molecule has 0 atom stereocenters. The molecule has 0 saturated heterocycles. The molecule has 0 bridgehead atoms. The van der Waals surface area contributed by atoms with E-state index in [1.165, 1.54) is 49.7 Å². The van der Waals surface area contributed by atoms with Gasteiger partial charge >= 0.3 is 0 Å². The Morgan fingerprint density at radius 2 is 1.35 bits per heavy atom. The summed E-state index contributed by atoms with van der Waals surface area (Å²) in [6.07, 6.45) is 0. The van der Waals surface area contributed by atoms with Crippen molar-refractivity contribution in [3.63, 3.8) is 0 Å². The summed E-state index contributed by atoms with van der Waals surface area (Å²) in [5.74, 6) is 0. The van der Waals surface area contributed by atoms with Crippen LogP contribution in [0.2, 0.25) is 0 Å². The van der Waals surface area contributed by atoms with E-state index in [9.17, 15) is 0 Å². The van der Waals surface area contributed by atoms with Gasteiger partial charge in [-0.15, -0.1) is 0 Å². The molecule has 0 N–H and O–H groups in total. The summed E-state index contributed by atoms with van der Waals surface area (Å²) in [7, 11) is 0. The summed E-state index contributed by atoms with van der Waals surface area (Å²) < 4.78 is 0. The largest absolute Gasteiger partial charge is 0.0619 e. The van der Waals surface area contributed by atoms with E-state index in [0.29, 0.717) is 0 Å². The summed E-state index contributed by atoms with van der Waals surface area (Å²) >= 11 is 0. The summed E-state index contributed by atoms with van der Waals surface area (Å²) in [6.45, 7) is 6.96. The summed E-state index contributed by atoms with van der Waals surface area (Å²) in [5.41, 5.74) is 9.75. The smallest absolute Gasteiger partial charge is 0.0159 e. The van der Waals surface area contributed by atoms with E-state index >= 15 is 0 Å². The first-order valence-electron chi connectivity index (χ1n) is 9.30. The Labute approximate surface area is 155 Å². The highest BCUT2D eigenvalue weighted by atomic mass is 14.4. The van der Waals surface area contributed by atoms with Crippen molar-refractivity contribution in [1.29, 1.82) is 0 Å². The molecule has 1 aliphatic carbocycles. The molecule has 0 unspecified atom stereocenters. The Morgan fingerprint density at radius 1 is 0.654 bits per heavy atom. The van der Waals surface area contributed by atoms with Crippen molar-refractivity contribution in [2.45, 2.75) is 26.2 Å². The van der Waals surface area contributed by atoms with Crippen LogP contribution in [0, 0.1) is 6.92 Å². The van der Waals surface area contributed by atoms with Crippen LogP contribution in [0.25, 0.3) is 33.0 Å². The van der Waals surface area contributed by atoms with Crippen LogP contribution in [-0.4, -0.2) is 0 Å². The van der Waals surface area contributed by atoms with Gasteiger partial charge in [0.15, 0.2) is 0 Å². The average Bonchev–Trinajstić information content (AvgIpc) is 2.89. The van der Waals surface area contributed by atoms with E-state index in [-0.39, 0.29) is 5.41 Å². The van der Waals surface area contributed by atoms with Gasteiger partial charge in [0.05, 0.1) is 0 Å². The van der Waals surface area contributed by atoms with Crippen LogP contribution in [-0.2, 0) is 5.41 Å². The second-order valence-electron chi connectivity index (χ2n) is 7.91. The number of fused-ring (bicyclic) bond motifs is 4. The quantitative estimate of drug-likeness (QED) is 0.347. The highest BCUT2D eigenvalue weighted by Crippen LogP contribution is 2.51. The maximum atomic E-state index is 2.42. The predicted octanol–water partition coefficient (Wildman–Crippen LogP) is 7.12. The van der Waals surface area contributed by atoms with Crippen molar-refractivity contribution in [2.24, 2.45) is 0 Å². The van der Waals surface area contributed by atoms with Crippen molar-refractivity contribution in [2.75, 3.05) is 0 Å². The highest BCUT2D eigenvalue weighted by Gasteiger charge is 2.36. The van der Waals surface area contributed by atoms with Crippen LogP contribution in [0.1, 0.15) is 30.5 Å². The third-order valence-corrected chi connectivity index (χ3v) is 5.98. The van der Waals surface area contributed by atoms with Crippen LogP contribution in [0.15, 0.2) is 78.9 Å². The van der Waals surface area contributed by atoms with Crippen LogP contribution in [0.5, 0.6) is 0 Å². The number of hydrogen-bond donors (Lipinski definition) is 0. The summed E-state index contributed by atoms with van der Waals surface area (Å²) in [6, 6.07) is 28.9. The number of benzene rings is 4. The van der Waals surface area contributed by atoms with Crippen LogP contribution in [0.4, 0.5) is 0 Å². The maximum Gasteiger partial charge on any atom is 0.0159 e. The van der Waals surface area contributed by atoms with Gasteiger partial charge in [-0.05, 0) is 62.7 Å². The summed E-state index contributed by atoms with van der Waals surface area (Å²) in [4.78, 5) is 0. The van der Waals surface area contributed by atoms with Crippen LogP contribution in [0.3, 0.4) is 0 Å². The highest BCUT2D eigenvalue weighted by molar-refractivity contribution is 5.98. The molecular weight excluding hydrogens is 312 g/mol. The predicted molar refractivity (Wildman–Crippen MR) is 112 cm³/mol. The van der Waals surface area contributed by atoms with E-state index in [1.807, 2.05) is 0 Å². The molecule has 126 valence electrons. The molecule has 0 amide bonds. The van der Waals surface area contributed by atoms with Gasteiger partial charge in [0.1, 0.15) is 0 Å². The minimum absolute atomic E-state index is 0.0390. The van der Waals surface area contributed by atoms with E-state index in [4.69, 9.17) is 0 Å².